The number of anilines is 1. The van der Waals surface area contributed by atoms with Gasteiger partial charge in [0.1, 0.15) is 5.69 Å². The predicted molar refractivity (Wildman–Crippen MR) is 66.3 cm³/mol. The second-order valence-electron chi connectivity index (χ2n) is 3.84. The molecule has 0 aliphatic rings. The molecule has 0 spiro atoms. The van der Waals surface area contributed by atoms with Gasteiger partial charge in [-0.2, -0.15) is 0 Å². The minimum absolute atomic E-state index is 0.140. The smallest absolute Gasteiger partial charge is 0.274 e. The Morgan fingerprint density at radius 3 is 2.44 bits per heavy atom. The molecular weight excluding hydrogens is 200 g/mol. The van der Waals surface area contributed by atoms with Crippen LogP contribution in [0.15, 0.2) is 41.2 Å². The van der Waals surface area contributed by atoms with Crippen LogP contribution in [0.3, 0.4) is 0 Å². The number of hydrogen-bond acceptors (Lipinski definition) is 2. The second-order valence-corrected chi connectivity index (χ2v) is 3.84. The van der Waals surface area contributed by atoms with Crippen molar-refractivity contribution < 1.29 is 0 Å². The lowest BCUT2D eigenvalue weighted by Gasteiger charge is -2.10. The van der Waals surface area contributed by atoms with E-state index in [1.165, 1.54) is 0 Å². The highest BCUT2D eigenvalue weighted by molar-refractivity contribution is 5.75. The van der Waals surface area contributed by atoms with Crippen molar-refractivity contribution in [2.45, 2.75) is 6.92 Å². The van der Waals surface area contributed by atoms with E-state index in [2.05, 4.69) is 0 Å². The van der Waals surface area contributed by atoms with Gasteiger partial charge in [0.05, 0.1) is 0 Å². The van der Waals surface area contributed by atoms with Crippen molar-refractivity contribution in [1.82, 2.24) is 4.57 Å². The number of aromatic nitrogens is 1. The first-order valence-corrected chi connectivity index (χ1v) is 5.13. The van der Waals surface area contributed by atoms with E-state index in [9.17, 15) is 4.79 Å². The molecular formula is C13H14N2O. The van der Waals surface area contributed by atoms with Gasteiger partial charge in [0.25, 0.3) is 5.56 Å². The van der Waals surface area contributed by atoms with Crippen LogP contribution in [0, 0.1) is 6.92 Å². The summed E-state index contributed by atoms with van der Waals surface area (Å²) >= 11 is 0. The number of nitrogens with two attached hydrogens (primary N) is 1. The number of nitrogen functional groups attached to an aromatic ring is 1. The van der Waals surface area contributed by atoms with Crippen LogP contribution in [0.1, 0.15) is 5.69 Å². The highest BCUT2D eigenvalue weighted by Crippen LogP contribution is 2.23. The number of pyridine rings is 1. The normalized spacial score (nSPS) is 10.4. The third-order valence-electron chi connectivity index (χ3n) is 2.79. The van der Waals surface area contributed by atoms with Gasteiger partial charge >= 0.3 is 0 Å². The summed E-state index contributed by atoms with van der Waals surface area (Å²) in [6.07, 6.45) is 0. The van der Waals surface area contributed by atoms with E-state index in [1.807, 2.05) is 43.3 Å². The monoisotopic (exact) mass is 214 g/mol. The maximum atomic E-state index is 11.8. The van der Waals surface area contributed by atoms with E-state index in [0.717, 1.165) is 16.8 Å². The van der Waals surface area contributed by atoms with E-state index < -0.39 is 0 Å². The molecule has 3 nitrogen and oxygen atoms in total. The SMILES string of the molecule is Cc1cc(-c2ccccc2)c(N)c(=O)n1C. The van der Waals surface area contributed by atoms with Crippen molar-refractivity contribution in [1.29, 1.82) is 0 Å². The van der Waals surface area contributed by atoms with E-state index >= 15 is 0 Å². The van der Waals surface area contributed by atoms with Crippen molar-refractivity contribution in [3.63, 3.8) is 0 Å². The fraction of sp³-hybridized carbons (Fsp3) is 0.154. The molecule has 0 radical (unpaired) electrons. The molecule has 2 N–H and O–H groups in total. The number of benzene rings is 1. The van der Waals surface area contributed by atoms with Crippen molar-refractivity contribution in [2.24, 2.45) is 7.05 Å². The molecule has 0 unspecified atom stereocenters. The van der Waals surface area contributed by atoms with Crippen LogP contribution in [-0.4, -0.2) is 4.57 Å². The first-order valence-electron chi connectivity index (χ1n) is 5.13. The summed E-state index contributed by atoms with van der Waals surface area (Å²) in [4.78, 5) is 11.8. The fourth-order valence-electron chi connectivity index (χ4n) is 1.70. The topological polar surface area (TPSA) is 48.0 Å². The second kappa shape index (κ2) is 3.85. The van der Waals surface area contributed by atoms with Crippen LogP contribution in [0.5, 0.6) is 0 Å². The molecule has 2 aromatic rings. The number of rotatable bonds is 1. The first kappa shape index (κ1) is 10.5. The van der Waals surface area contributed by atoms with Crippen LogP contribution in [0.25, 0.3) is 11.1 Å². The van der Waals surface area contributed by atoms with Gasteiger partial charge in [-0.15, -0.1) is 0 Å². The maximum absolute atomic E-state index is 11.8. The Balaban J connectivity index is 2.73. The van der Waals surface area contributed by atoms with Crippen LogP contribution in [0.4, 0.5) is 5.69 Å². The molecule has 16 heavy (non-hydrogen) atoms. The minimum atomic E-state index is -0.140. The van der Waals surface area contributed by atoms with Crippen molar-refractivity contribution in [3.05, 3.63) is 52.4 Å². The van der Waals surface area contributed by atoms with Crippen LogP contribution in [-0.2, 0) is 7.05 Å². The lowest BCUT2D eigenvalue weighted by molar-refractivity contribution is 0.823. The highest BCUT2D eigenvalue weighted by Gasteiger charge is 2.08. The fourth-order valence-corrected chi connectivity index (χ4v) is 1.70. The van der Waals surface area contributed by atoms with Crippen molar-refractivity contribution in [3.8, 4) is 11.1 Å². The Bertz CT molecular complexity index is 570. The molecule has 3 heteroatoms. The maximum Gasteiger partial charge on any atom is 0.274 e. The molecule has 0 fully saturated rings. The zero-order chi connectivity index (χ0) is 11.7. The Labute approximate surface area is 94.1 Å². The Morgan fingerprint density at radius 1 is 1.19 bits per heavy atom. The lowest BCUT2D eigenvalue weighted by Crippen LogP contribution is -2.22. The van der Waals surface area contributed by atoms with Gasteiger partial charge in [0.2, 0.25) is 0 Å². The molecule has 1 heterocycles. The molecule has 0 amide bonds. The molecule has 2 rings (SSSR count). The van der Waals surface area contributed by atoms with Gasteiger partial charge in [0, 0.05) is 18.3 Å². The average Bonchev–Trinajstić information content (AvgIpc) is 2.32. The summed E-state index contributed by atoms with van der Waals surface area (Å²) in [7, 11) is 1.72. The molecule has 1 aromatic carbocycles. The summed E-state index contributed by atoms with van der Waals surface area (Å²) in [5, 5.41) is 0. The molecule has 0 bridgehead atoms. The van der Waals surface area contributed by atoms with E-state index in [0.29, 0.717) is 5.69 Å². The molecule has 0 aliphatic carbocycles. The van der Waals surface area contributed by atoms with Crippen molar-refractivity contribution in [2.75, 3.05) is 5.73 Å². The Kier molecular flexibility index (Phi) is 2.52. The zero-order valence-electron chi connectivity index (χ0n) is 9.40. The molecule has 1 aromatic heterocycles. The predicted octanol–water partition coefficient (Wildman–Crippen LogP) is 1.94. The standard InChI is InChI=1S/C13H14N2O/c1-9-8-11(10-6-4-3-5-7-10)12(14)13(16)15(9)2/h3-8H,14H2,1-2H3. The number of hydrogen-bond donors (Lipinski definition) is 1. The Hall–Kier alpha value is -2.03. The van der Waals surface area contributed by atoms with Crippen LogP contribution >= 0.6 is 0 Å². The zero-order valence-corrected chi connectivity index (χ0v) is 9.40. The van der Waals surface area contributed by atoms with Crippen LogP contribution < -0.4 is 11.3 Å². The third kappa shape index (κ3) is 1.60. The van der Waals surface area contributed by atoms with Gasteiger partial charge in [-0.05, 0) is 18.6 Å². The van der Waals surface area contributed by atoms with Crippen LogP contribution in [0.2, 0.25) is 0 Å². The van der Waals surface area contributed by atoms with E-state index in [1.54, 1.807) is 11.6 Å². The van der Waals surface area contributed by atoms with Gasteiger partial charge in [-0.25, -0.2) is 0 Å². The highest BCUT2D eigenvalue weighted by atomic mass is 16.1. The summed E-state index contributed by atoms with van der Waals surface area (Å²) in [6.45, 7) is 1.90. The summed E-state index contributed by atoms with van der Waals surface area (Å²) < 4.78 is 1.56. The summed E-state index contributed by atoms with van der Waals surface area (Å²) in [5.74, 6) is 0. The van der Waals surface area contributed by atoms with Gasteiger partial charge in [0.15, 0.2) is 0 Å². The van der Waals surface area contributed by atoms with Gasteiger partial charge < -0.3 is 10.3 Å². The molecule has 0 aliphatic heterocycles. The first-order chi connectivity index (χ1) is 7.61. The largest absolute Gasteiger partial charge is 0.394 e. The molecule has 82 valence electrons. The number of aryl methyl sites for hydroxylation is 1. The quantitative estimate of drug-likeness (QED) is 0.788. The third-order valence-corrected chi connectivity index (χ3v) is 2.79. The Morgan fingerprint density at radius 2 is 1.81 bits per heavy atom. The average molecular weight is 214 g/mol. The van der Waals surface area contributed by atoms with E-state index in [-0.39, 0.29) is 5.56 Å². The minimum Gasteiger partial charge on any atom is -0.394 e. The summed E-state index contributed by atoms with van der Waals surface area (Å²) in [6, 6.07) is 11.6. The van der Waals surface area contributed by atoms with Gasteiger partial charge in [-0.3, -0.25) is 4.79 Å². The van der Waals surface area contributed by atoms with Crippen molar-refractivity contribution >= 4 is 5.69 Å². The summed E-state index contributed by atoms with van der Waals surface area (Å²) in [5.41, 5.74) is 8.70. The number of nitrogens with zero attached hydrogens (tertiary/aromatic N) is 1. The molecule has 0 saturated heterocycles. The lowest BCUT2D eigenvalue weighted by atomic mass is 10.0. The van der Waals surface area contributed by atoms with E-state index in [4.69, 9.17) is 5.73 Å². The molecule has 0 atom stereocenters. The van der Waals surface area contributed by atoms with Gasteiger partial charge in [-0.1, -0.05) is 30.3 Å². The molecule has 0 saturated carbocycles.